The molecular formula is C12H10ClN2O3S-. The van der Waals surface area contributed by atoms with Crippen LogP contribution in [0.4, 0.5) is 5.69 Å². The van der Waals surface area contributed by atoms with Crippen LogP contribution in [-0.2, 0) is 9.59 Å². The van der Waals surface area contributed by atoms with Gasteiger partial charge < -0.3 is 9.90 Å². The van der Waals surface area contributed by atoms with Gasteiger partial charge in [0.2, 0.25) is 5.91 Å². The molecule has 1 aliphatic heterocycles. The standard InChI is InChI=1S/C12H11ClN2O3S/c1-15-10(16)6-9(11(17)18)19-12(15)14-8-4-2-7(13)3-5-8/h2-5,9H,6H2,1H3,(H,17,18)/p-1/t9-/m1/s1. The number of thioether (sulfide) groups is 1. The largest absolute Gasteiger partial charge is 0.549 e. The highest BCUT2D eigenvalue weighted by Gasteiger charge is 2.30. The Morgan fingerprint density at radius 2 is 2.11 bits per heavy atom. The zero-order valence-electron chi connectivity index (χ0n) is 10.00. The van der Waals surface area contributed by atoms with Gasteiger partial charge in [-0.25, -0.2) is 4.99 Å². The van der Waals surface area contributed by atoms with Crippen molar-refractivity contribution < 1.29 is 14.7 Å². The van der Waals surface area contributed by atoms with Crippen LogP contribution < -0.4 is 5.11 Å². The third-order valence-corrected chi connectivity index (χ3v) is 4.05. The van der Waals surface area contributed by atoms with Crippen LogP contribution >= 0.6 is 23.4 Å². The topological polar surface area (TPSA) is 72.8 Å². The first-order valence-corrected chi connectivity index (χ1v) is 6.71. The lowest BCUT2D eigenvalue weighted by molar-refractivity contribution is -0.304. The van der Waals surface area contributed by atoms with Gasteiger partial charge in [-0.05, 0) is 24.3 Å². The van der Waals surface area contributed by atoms with Gasteiger partial charge in [0.1, 0.15) is 0 Å². The van der Waals surface area contributed by atoms with Crippen molar-refractivity contribution in [2.45, 2.75) is 11.7 Å². The number of aliphatic carboxylic acids is 1. The number of aliphatic imine (C=N–C) groups is 1. The molecule has 5 nitrogen and oxygen atoms in total. The summed E-state index contributed by atoms with van der Waals surface area (Å²) in [4.78, 5) is 28.2. The van der Waals surface area contributed by atoms with E-state index in [1.165, 1.54) is 4.90 Å². The second kappa shape index (κ2) is 5.63. The molecule has 1 fully saturated rings. The summed E-state index contributed by atoms with van der Waals surface area (Å²) in [5.41, 5.74) is 0.602. The maximum Gasteiger partial charge on any atom is 0.229 e. The second-order valence-electron chi connectivity index (χ2n) is 3.95. The molecule has 0 aromatic heterocycles. The van der Waals surface area contributed by atoms with E-state index in [2.05, 4.69) is 4.99 Å². The highest BCUT2D eigenvalue weighted by atomic mass is 35.5. The summed E-state index contributed by atoms with van der Waals surface area (Å²) in [7, 11) is 1.57. The number of nitrogens with zero attached hydrogens (tertiary/aromatic N) is 2. The Kier molecular flexibility index (Phi) is 4.11. The molecule has 0 unspecified atom stereocenters. The lowest BCUT2D eigenvalue weighted by Gasteiger charge is -2.29. The third kappa shape index (κ3) is 3.27. The van der Waals surface area contributed by atoms with Crippen LogP contribution in [0, 0.1) is 0 Å². The van der Waals surface area contributed by atoms with E-state index in [-0.39, 0.29) is 12.3 Å². The summed E-state index contributed by atoms with van der Waals surface area (Å²) < 4.78 is 0. The molecule has 1 aromatic rings. The van der Waals surface area contributed by atoms with E-state index in [0.717, 1.165) is 11.8 Å². The summed E-state index contributed by atoms with van der Waals surface area (Å²) >= 11 is 6.78. The van der Waals surface area contributed by atoms with E-state index in [1.54, 1.807) is 31.3 Å². The van der Waals surface area contributed by atoms with Crippen LogP contribution in [0.5, 0.6) is 0 Å². The zero-order valence-corrected chi connectivity index (χ0v) is 11.6. The Morgan fingerprint density at radius 3 is 2.68 bits per heavy atom. The third-order valence-electron chi connectivity index (χ3n) is 2.58. The molecule has 7 heteroatoms. The van der Waals surface area contributed by atoms with Gasteiger partial charge in [0.25, 0.3) is 0 Å². The Labute approximate surface area is 119 Å². The van der Waals surface area contributed by atoms with E-state index in [0.29, 0.717) is 15.9 Å². The molecule has 0 spiro atoms. The molecule has 1 aromatic carbocycles. The van der Waals surface area contributed by atoms with E-state index in [1.807, 2.05) is 0 Å². The average molecular weight is 298 g/mol. The Balaban J connectivity index is 2.27. The van der Waals surface area contributed by atoms with Gasteiger partial charge in [0.05, 0.1) is 16.9 Å². The lowest BCUT2D eigenvalue weighted by Crippen LogP contribution is -2.45. The number of carboxylic acid groups (broad SMARTS) is 1. The van der Waals surface area contributed by atoms with Crippen molar-refractivity contribution in [1.82, 2.24) is 4.90 Å². The predicted molar refractivity (Wildman–Crippen MR) is 72.3 cm³/mol. The summed E-state index contributed by atoms with van der Waals surface area (Å²) in [6.07, 6.45) is -0.0802. The van der Waals surface area contributed by atoms with Crippen LogP contribution in [0.2, 0.25) is 5.02 Å². The molecular weight excluding hydrogens is 288 g/mol. The van der Waals surface area contributed by atoms with E-state index < -0.39 is 11.2 Å². The quantitative estimate of drug-likeness (QED) is 0.817. The van der Waals surface area contributed by atoms with Gasteiger partial charge >= 0.3 is 0 Å². The van der Waals surface area contributed by atoms with Crippen molar-refractivity contribution in [1.29, 1.82) is 0 Å². The first kappa shape index (κ1) is 13.9. The first-order valence-electron chi connectivity index (χ1n) is 5.45. The molecule has 100 valence electrons. The van der Waals surface area contributed by atoms with Crippen LogP contribution in [-0.4, -0.2) is 34.2 Å². The molecule has 1 saturated heterocycles. The SMILES string of the molecule is CN1C(=O)C[C@H](C(=O)[O-])SC1=Nc1ccc(Cl)cc1. The fraction of sp³-hybridized carbons (Fsp3) is 0.250. The van der Waals surface area contributed by atoms with Crippen LogP contribution in [0.15, 0.2) is 29.3 Å². The molecule has 0 radical (unpaired) electrons. The number of benzene rings is 1. The minimum absolute atomic E-state index is 0.0802. The lowest BCUT2D eigenvalue weighted by atomic mass is 10.3. The van der Waals surface area contributed by atoms with Gasteiger partial charge in [-0.1, -0.05) is 23.4 Å². The summed E-state index contributed by atoms with van der Waals surface area (Å²) in [5.74, 6) is -1.55. The van der Waals surface area contributed by atoms with Gasteiger partial charge in [-0.3, -0.25) is 9.69 Å². The molecule has 1 aliphatic rings. The van der Waals surface area contributed by atoms with Crippen LogP contribution in [0.25, 0.3) is 0 Å². The number of amidine groups is 1. The van der Waals surface area contributed by atoms with Crippen LogP contribution in [0.1, 0.15) is 6.42 Å². The summed E-state index contributed by atoms with van der Waals surface area (Å²) in [6, 6.07) is 6.73. The van der Waals surface area contributed by atoms with Crippen molar-refractivity contribution in [3.63, 3.8) is 0 Å². The molecule has 1 amide bonds. The van der Waals surface area contributed by atoms with E-state index >= 15 is 0 Å². The fourth-order valence-corrected chi connectivity index (χ4v) is 2.63. The number of carbonyl (C=O) groups excluding carboxylic acids is 2. The van der Waals surface area contributed by atoms with E-state index in [9.17, 15) is 14.7 Å². The van der Waals surface area contributed by atoms with E-state index in [4.69, 9.17) is 11.6 Å². The molecule has 19 heavy (non-hydrogen) atoms. The predicted octanol–water partition coefficient (Wildman–Crippen LogP) is 1.04. The smallest absolute Gasteiger partial charge is 0.229 e. The highest BCUT2D eigenvalue weighted by Crippen LogP contribution is 2.27. The Hall–Kier alpha value is -1.53. The monoisotopic (exact) mass is 297 g/mol. The number of rotatable bonds is 2. The van der Waals surface area contributed by atoms with Gasteiger partial charge in [-0.15, -0.1) is 0 Å². The number of carboxylic acids is 1. The van der Waals surface area contributed by atoms with Crippen LogP contribution in [0.3, 0.4) is 0 Å². The molecule has 0 saturated carbocycles. The molecule has 1 heterocycles. The number of amides is 1. The normalized spacial score (nSPS) is 21.8. The maximum atomic E-state index is 11.7. The molecule has 0 aliphatic carbocycles. The van der Waals surface area contributed by atoms with Crippen molar-refractivity contribution in [3.8, 4) is 0 Å². The first-order chi connectivity index (χ1) is 8.97. The number of hydrogen-bond donors (Lipinski definition) is 0. The number of hydrogen-bond acceptors (Lipinski definition) is 5. The minimum atomic E-state index is -1.25. The van der Waals surface area contributed by atoms with Gasteiger partial charge in [0, 0.05) is 18.5 Å². The van der Waals surface area contributed by atoms with Crippen molar-refractivity contribution in [2.75, 3.05) is 7.05 Å². The minimum Gasteiger partial charge on any atom is -0.549 e. The molecule has 0 N–H and O–H groups in total. The maximum absolute atomic E-state index is 11.7. The van der Waals surface area contributed by atoms with Crippen molar-refractivity contribution in [2.24, 2.45) is 4.99 Å². The zero-order chi connectivity index (χ0) is 14.0. The molecule has 2 rings (SSSR count). The molecule has 1 atom stereocenters. The number of halogens is 1. The Morgan fingerprint density at radius 1 is 1.47 bits per heavy atom. The molecule has 0 bridgehead atoms. The van der Waals surface area contributed by atoms with Gasteiger partial charge in [-0.2, -0.15) is 0 Å². The fourth-order valence-electron chi connectivity index (χ4n) is 1.51. The summed E-state index contributed by atoms with van der Waals surface area (Å²) in [6.45, 7) is 0. The number of carbonyl (C=O) groups is 2. The average Bonchev–Trinajstić information content (AvgIpc) is 2.37. The van der Waals surface area contributed by atoms with Crippen molar-refractivity contribution >= 4 is 46.1 Å². The second-order valence-corrected chi connectivity index (χ2v) is 5.56. The summed E-state index contributed by atoms with van der Waals surface area (Å²) in [5, 5.41) is 10.9. The van der Waals surface area contributed by atoms with Gasteiger partial charge in [0.15, 0.2) is 5.17 Å². The highest BCUT2D eigenvalue weighted by molar-refractivity contribution is 8.15. The van der Waals surface area contributed by atoms with Crippen molar-refractivity contribution in [3.05, 3.63) is 29.3 Å². The Bertz CT molecular complexity index is 544.